The van der Waals surface area contributed by atoms with E-state index in [1.54, 1.807) is 0 Å². The van der Waals surface area contributed by atoms with E-state index in [1.807, 2.05) is 6.92 Å². The van der Waals surface area contributed by atoms with Crippen LogP contribution in [0.1, 0.15) is 39.0 Å². The Morgan fingerprint density at radius 3 is 2.17 bits per heavy atom. The van der Waals surface area contributed by atoms with Crippen molar-refractivity contribution >= 4 is 17.5 Å². The Hall–Kier alpha value is -2.05. The first-order valence-corrected chi connectivity index (χ1v) is 8.16. The number of hydrogen-bond donors (Lipinski definition) is 2. The lowest BCUT2D eigenvalue weighted by atomic mass is 9.81. The van der Waals surface area contributed by atoms with Crippen LogP contribution in [0.2, 0.25) is 0 Å². The van der Waals surface area contributed by atoms with Crippen molar-refractivity contribution in [2.45, 2.75) is 39.0 Å². The Morgan fingerprint density at radius 2 is 1.58 bits per heavy atom. The van der Waals surface area contributed by atoms with Crippen molar-refractivity contribution in [3.8, 4) is 0 Å². The van der Waals surface area contributed by atoms with Gasteiger partial charge in [0.05, 0.1) is 5.69 Å². The highest BCUT2D eigenvalue weighted by Gasteiger charge is 2.30. The summed E-state index contributed by atoms with van der Waals surface area (Å²) in [5, 5.41) is 5.14. The molecule has 0 unspecified atom stereocenters. The standard InChI is InChI=1S/C17H21F3N2O2/c1-2-9-21-16(23)10-3-5-11(6-4-10)17(24)22-13-8-7-12(18)14(19)15(13)20/h7-8,10-11H,2-6,9H2,1H3,(H,21,23)(H,22,24). The highest BCUT2D eigenvalue weighted by atomic mass is 19.2. The van der Waals surface area contributed by atoms with Crippen molar-refractivity contribution in [1.82, 2.24) is 5.32 Å². The molecular formula is C17H21F3N2O2. The van der Waals surface area contributed by atoms with E-state index in [0.29, 0.717) is 32.2 Å². The van der Waals surface area contributed by atoms with Gasteiger partial charge in [0.25, 0.3) is 0 Å². The van der Waals surface area contributed by atoms with Crippen molar-refractivity contribution in [2.24, 2.45) is 11.8 Å². The third-order valence-electron chi connectivity index (χ3n) is 4.31. The van der Waals surface area contributed by atoms with Gasteiger partial charge in [-0.1, -0.05) is 6.92 Å². The summed E-state index contributed by atoms with van der Waals surface area (Å²) in [6.07, 6.45) is 3.02. The molecular weight excluding hydrogens is 321 g/mol. The molecule has 0 atom stereocenters. The number of carbonyl (C=O) groups is 2. The van der Waals surface area contributed by atoms with E-state index in [0.717, 1.165) is 18.6 Å². The van der Waals surface area contributed by atoms with Crippen LogP contribution in [0, 0.1) is 29.3 Å². The zero-order chi connectivity index (χ0) is 17.7. The Labute approximate surface area is 138 Å². The summed E-state index contributed by atoms with van der Waals surface area (Å²) in [7, 11) is 0. The van der Waals surface area contributed by atoms with Gasteiger partial charge in [0.2, 0.25) is 11.8 Å². The number of anilines is 1. The number of benzene rings is 1. The van der Waals surface area contributed by atoms with E-state index >= 15 is 0 Å². The quantitative estimate of drug-likeness (QED) is 0.806. The average molecular weight is 342 g/mol. The molecule has 132 valence electrons. The fourth-order valence-electron chi connectivity index (χ4n) is 2.87. The minimum atomic E-state index is -1.61. The van der Waals surface area contributed by atoms with Crippen molar-refractivity contribution in [3.05, 3.63) is 29.6 Å². The van der Waals surface area contributed by atoms with E-state index in [9.17, 15) is 22.8 Å². The molecule has 2 rings (SSSR count). The molecule has 1 fully saturated rings. The first kappa shape index (κ1) is 18.3. The molecule has 0 radical (unpaired) electrons. The van der Waals surface area contributed by atoms with Gasteiger partial charge in [0.15, 0.2) is 17.5 Å². The van der Waals surface area contributed by atoms with Crippen LogP contribution in [-0.4, -0.2) is 18.4 Å². The summed E-state index contributed by atoms with van der Waals surface area (Å²) in [5.74, 6) is -5.23. The number of carbonyl (C=O) groups excluding carboxylic acids is 2. The van der Waals surface area contributed by atoms with Crippen LogP contribution in [0.15, 0.2) is 12.1 Å². The van der Waals surface area contributed by atoms with Gasteiger partial charge in [0.1, 0.15) is 0 Å². The van der Waals surface area contributed by atoms with Crippen LogP contribution in [0.5, 0.6) is 0 Å². The molecule has 2 N–H and O–H groups in total. The fourth-order valence-corrected chi connectivity index (χ4v) is 2.87. The predicted octanol–water partition coefficient (Wildman–Crippen LogP) is 3.38. The first-order valence-electron chi connectivity index (χ1n) is 8.16. The maximum atomic E-state index is 13.6. The zero-order valence-corrected chi connectivity index (χ0v) is 13.5. The molecule has 0 aromatic heterocycles. The lowest BCUT2D eigenvalue weighted by Gasteiger charge is -2.27. The van der Waals surface area contributed by atoms with Gasteiger partial charge in [-0.25, -0.2) is 13.2 Å². The zero-order valence-electron chi connectivity index (χ0n) is 13.5. The molecule has 0 saturated heterocycles. The number of hydrogen-bond acceptors (Lipinski definition) is 2. The molecule has 0 bridgehead atoms. The molecule has 1 aromatic rings. The van der Waals surface area contributed by atoms with E-state index < -0.39 is 23.4 Å². The van der Waals surface area contributed by atoms with Crippen LogP contribution < -0.4 is 10.6 Å². The highest BCUT2D eigenvalue weighted by molar-refractivity contribution is 5.93. The average Bonchev–Trinajstić information content (AvgIpc) is 2.60. The van der Waals surface area contributed by atoms with Crippen molar-refractivity contribution in [2.75, 3.05) is 11.9 Å². The second-order valence-corrected chi connectivity index (χ2v) is 6.05. The van der Waals surface area contributed by atoms with Crippen LogP contribution in [0.4, 0.5) is 18.9 Å². The van der Waals surface area contributed by atoms with Gasteiger partial charge in [0, 0.05) is 18.4 Å². The molecule has 7 heteroatoms. The van der Waals surface area contributed by atoms with Crippen LogP contribution >= 0.6 is 0 Å². The molecule has 0 heterocycles. The monoisotopic (exact) mass is 342 g/mol. The largest absolute Gasteiger partial charge is 0.356 e. The predicted molar refractivity (Wildman–Crippen MR) is 83.7 cm³/mol. The smallest absolute Gasteiger partial charge is 0.227 e. The maximum Gasteiger partial charge on any atom is 0.227 e. The normalized spacial score (nSPS) is 20.5. The number of nitrogens with one attached hydrogen (secondary N) is 2. The first-order chi connectivity index (χ1) is 11.4. The Balaban J connectivity index is 1.89. The molecule has 1 aromatic carbocycles. The van der Waals surface area contributed by atoms with Gasteiger partial charge in [-0.3, -0.25) is 9.59 Å². The summed E-state index contributed by atoms with van der Waals surface area (Å²) in [6.45, 7) is 2.60. The van der Waals surface area contributed by atoms with Gasteiger partial charge >= 0.3 is 0 Å². The minimum absolute atomic E-state index is 0.00218. The summed E-state index contributed by atoms with van der Waals surface area (Å²) in [5.41, 5.74) is -0.373. The molecule has 24 heavy (non-hydrogen) atoms. The SMILES string of the molecule is CCCNC(=O)C1CCC(C(=O)Nc2ccc(F)c(F)c2F)CC1. The number of rotatable bonds is 5. The Kier molecular flexibility index (Phi) is 6.23. The van der Waals surface area contributed by atoms with Crippen LogP contribution in [-0.2, 0) is 9.59 Å². The van der Waals surface area contributed by atoms with E-state index in [-0.39, 0.29) is 23.4 Å². The molecule has 4 nitrogen and oxygen atoms in total. The summed E-state index contributed by atoms with van der Waals surface area (Å²) < 4.78 is 39.7. The van der Waals surface area contributed by atoms with Gasteiger partial charge in [-0.15, -0.1) is 0 Å². The maximum absolute atomic E-state index is 13.6. The molecule has 2 amide bonds. The molecule has 0 spiro atoms. The van der Waals surface area contributed by atoms with Crippen molar-refractivity contribution < 1.29 is 22.8 Å². The third-order valence-corrected chi connectivity index (χ3v) is 4.31. The minimum Gasteiger partial charge on any atom is -0.356 e. The van der Waals surface area contributed by atoms with Crippen molar-refractivity contribution in [1.29, 1.82) is 0 Å². The Morgan fingerprint density at radius 1 is 1.00 bits per heavy atom. The topological polar surface area (TPSA) is 58.2 Å². The fraction of sp³-hybridized carbons (Fsp3) is 0.529. The molecule has 1 aliphatic carbocycles. The van der Waals surface area contributed by atoms with E-state index in [1.165, 1.54) is 0 Å². The van der Waals surface area contributed by atoms with Gasteiger partial charge < -0.3 is 10.6 Å². The summed E-state index contributed by atoms with van der Waals surface area (Å²) in [6, 6.07) is 1.76. The lowest BCUT2D eigenvalue weighted by molar-refractivity contribution is -0.128. The number of amides is 2. The van der Waals surface area contributed by atoms with E-state index in [4.69, 9.17) is 0 Å². The number of halogens is 3. The Bertz CT molecular complexity index is 614. The second kappa shape index (κ2) is 8.17. The summed E-state index contributed by atoms with van der Waals surface area (Å²) >= 11 is 0. The van der Waals surface area contributed by atoms with E-state index in [2.05, 4.69) is 10.6 Å². The third kappa shape index (κ3) is 4.27. The van der Waals surface area contributed by atoms with Gasteiger partial charge in [-0.2, -0.15) is 0 Å². The van der Waals surface area contributed by atoms with Crippen LogP contribution in [0.25, 0.3) is 0 Å². The lowest BCUT2D eigenvalue weighted by Crippen LogP contribution is -2.35. The summed E-state index contributed by atoms with van der Waals surface area (Å²) in [4.78, 5) is 24.1. The molecule has 1 aliphatic rings. The second-order valence-electron chi connectivity index (χ2n) is 6.05. The molecule has 1 saturated carbocycles. The molecule has 0 aliphatic heterocycles. The highest BCUT2D eigenvalue weighted by Crippen LogP contribution is 2.30. The van der Waals surface area contributed by atoms with Crippen molar-refractivity contribution in [3.63, 3.8) is 0 Å². The van der Waals surface area contributed by atoms with Gasteiger partial charge in [-0.05, 0) is 44.2 Å². The van der Waals surface area contributed by atoms with Crippen LogP contribution in [0.3, 0.4) is 0 Å².